The molecule has 0 saturated carbocycles. The molecule has 1 fully saturated rings. The van der Waals surface area contributed by atoms with Crippen molar-refractivity contribution in [2.45, 2.75) is 31.8 Å². The minimum absolute atomic E-state index is 0.168. The van der Waals surface area contributed by atoms with Gasteiger partial charge in [-0.15, -0.1) is 0 Å². The second-order valence-electron chi connectivity index (χ2n) is 5.84. The van der Waals surface area contributed by atoms with E-state index in [1.54, 1.807) is 6.92 Å². The Bertz CT molecular complexity index is 653. The van der Waals surface area contributed by atoms with Gasteiger partial charge in [0.2, 0.25) is 0 Å². The first-order chi connectivity index (χ1) is 11.9. The molecule has 0 atom stereocenters. The van der Waals surface area contributed by atoms with Crippen molar-refractivity contribution in [1.29, 1.82) is 5.26 Å². The van der Waals surface area contributed by atoms with Crippen molar-refractivity contribution in [3.63, 3.8) is 0 Å². The third-order valence-corrected chi connectivity index (χ3v) is 4.31. The topological polar surface area (TPSA) is 82.8 Å². The third-order valence-electron chi connectivity index (χ3n) is 4.31. The van der Waals surface area contributed by atoms with Gasteiger partial charge in [-0.25, -0.2) is 0 Å². The number of aromatic hydroxyl groups is 1. The second kappa shape index (κ2) is 8.12. The maximum atomic E-state index is 12.3. The van der Waals surface area contributed by atoms with Gasteiger partial charge in [-0.3, -0.25) is 9.69 Å². The molecule has 1 aromatic carbocycles. The quantitative estimate of drug-likeness (QED) is 0.790. The molecular weight excluding hydrogens is 334 g/mol. The number of likely N-dealkylation sites (tertiary alicyclic amines) is 1. The van der Waals surface area contributed by atoms with Gasteiger partial charge in [0.15, 0.2) is 11.5 Å². The maximum Gasteiger partial charge on any atom is 0.387 e. The Morgan fingerprint density at radius 2 is 2.12 bits per heavy atom. The van der Waals surface area contributed by atoms with Crippen LogP contribution in [0.1, 0.15) is 25.3 Å². The van der Waals surface area contributed by atoms with Gasteiger partial charge in [-0.1, -0.05) is 6.07 Å². The Balaban J connectivity index is 2.09. The van der Waals surface area contributed by atoms with Crippen molar-refractivity contribution in [1.82, 2.24) is 4.90 Å². The largest absolute Gasteiger partial charge is 0.504 e. The number of piperidine rings is 1. The number of phenols is 1. The summed E-state index contributed by atoms with van der Waals surface area (Å²) in [5.74, 6) is -1.06. The number of alkyl halides is 2. The fraction of sp³-hybridized carbons (Fsp3) is 0.529. The summed E-state index contributed by atoms with van der Waals surface area (Å²) in [6, 6.07) is 6.32. The van der Waals surface area contributed by atoms with Crippen LogP contribution in [0.15, 0.2) is 18.2 Å². The lowest BCUT2D eigenvalue weighted by molar-refractivity contribution is -0.144. The highest BCUT2D eigenvalue weighted by Gasteiger charge is 2.37. The summed E-state index contributed by atoms with van der Waals surface area (Å²) in [7, 11) is 0. The number of phenolic OH excluding ortho intramolecular Hbond substituents is 1. The predicted molar refractivity (Wildman–Crippen MR) is 84.3 cm³/mol. The Morgan fingerprint density at radius 1 is 1.44 bits per heavy atom. The fourth-order valence-electron chi connectivity index (χ4n) is 2.96. The molecule has 1 aliphatic rings. The molecular formula is C17H20F2N2O4. The highest BCUT2D eigenvalue weighted by Crippen LogP contribution is 2.39. The van der Waals surface area contributed by atoms with Crippen LogP contribution in [0.4, 0.5) is 8.78 Å². The second-order valence-corrected chi connectivity index (χ2v) is 5.84. The van der Waals surface area contributed by atoms with E-state index in [1.807, 2.05) is 4.90 Å². The molecule has 0 amide bonds. The lowest BCUT2D eigenvalue weighted by Gasteiger charge is -2.37. The minimum Gasteiger partial charge on any atom is -0.504 e. The Labute approximate surface area is 144 Å². The lowest BCUT2D eigenvalue weighted by atomic mass is 9.74. The average Bonchev–Trinajstić information content (AvgIpc) is 2.57. The first-order valence-corrected chi connectivity index (χ1v) is 7.97. The molecule has 8 heteroatoms. The summed E-state index contributed by atoms with van der Waals surface area (Å²) in [6.07, 6.45) is 0.912. The van der Waals surface area contributed by atoms with Gasteiger partial charge in [-0.2, -0.15) is 14.0 Å². The van der Waals surface area contributed by atoms with E-state index >= 15 is 0 Å². The van der Waals surface area contributed by atoms with Gasteiger partial charge in [0, 0.05) is 13.1 Å². The Morgan fingerprint density at radius 3 is 2.64 bits per heavy atom. The monoisotopic (exact) mass is 354 g/mol. The minimum atomic E-state index is -3.03. The average molecular weight is 354 g/mol. The third kappa shape index (κ3) is 4.57. The predicted octanol–water partition coefficient (Wildman–Crippen LogP) is 2.41. The summed E-state index contributed by atoms with van der Waals surface area (Å²) < 4.78 is 33.7. The maximum absolute atomic E-state index is 12.3. The van der Waals surface area contributed by atoms with E-state index in [0.29, 0.717) is 38.1 Å². The summed E-state index contributed by atoms with van der Waals surface area (Å²) in [5.41, 5.74) is -0.295. The summed E-state index contributed by atoms with van der Waals surface area (Å²) in [4.78, 5) is 13.4. The van der Waals surface area contributed by atoms with Crippen molar-refractivity contribution in [2.75, 3.05) is 26.2 Å². The van der Waals surface area contributed by atoms with Crippen LogP contribution in [0, 0.1) is 11.3 Å². The molecule has 6 nitrogen and oxygen atoms in total. The molecule has 0 radical (unpaired) electrons. The molecule has 0 aliphatic carbocycles. The van der Waals surface area contributed by atoms with Crippen LogP contribution in [0.25, 0.3) is 0 Å². The number of rotatable bonds is 6. The number of nitrogens with zero attached hydrogens (tertiary/aromatic N) is 2. The van der Waals surface area contributed by atoms with E-state index in [2.05, 4.69) is 10.8 Å². The first-order valence-electron chi connectivity index (χ1n) is 7.97. The van der Waals surface area contributed by atoms with E-state index in [1.165, 1.54) is 18.2 Å². The van der Waals surface area contributed by atoms with Crippen molar-refractivity contribution in [3.05, 3.63) is 23.8 Å². The van der Waals surface area contributed by atoms with Crippen molar-refractivity contribution < 1.29 is 28.2 Å². The number of esters is 1. The number of nitriles is 1. The molecule has 0 bridgehead atoms. The van der Waals surface area contributed by atoms with E-state index in [4.69, 9.17) is 4.74 Å². The van der Waals surface area contributed by atoms with Crippen molar-refractivity contribution >= 4 is 5.97 Å². The zero-order valence-electron chi connectivity index (χ0n) is 13.9. The number of carbonyl (C=O) groups excluding carboxylic acids is 1. The Kier molecular flexibility index (Phi) is 6.15. The fourth-order valence-corrected chi connectivity index (χ4v) is 2.96. The van der Waals surface area contributed by atoms with Crippen LogP contribution in [0.3, 0.4) is 0 Å². The van der Waals surface area contributed by atoms with Crippen LogP contribution >= 0.6 is 0 Å². The molecule has 1 saturated heterocycles. The lowest BCUT2D eigenvalue weighted by Crippen LogP contribution is -2.44. The summed E-state index contributed by atoms with van der Waals surface area (Å²) in [6.45, 7) is 0.226. The Hall–Kier alpha value is -2.40. The molecule has 1 N–H and O–H groups in total. The summed E-state index contributed by atoms with van der Waals surface area (Å²) >= 11 is 0. The van der Waals surface area contributed by atoms with Crippen molar-refractivity contribution in [2.24, 2.45) is 0 Å². The molecule has 0 aromatic heterocycles. The van der Waals surface area contributed by atoms with Gasteiger partial charge in [0.25, 0.3) is 0 Å². The molecule has 1 aromatic rings. The highest BCUT2D eigenvalue weighted by molar-refractivity contribution is 5.71. The molecule has 2 rings (SSSR count). The summed E-state index contributed by atoms with van der Waals surface area (Å²) in [5, 5.41) is 19.5. The number of carbonyl (C=O) groups is 1. The van der Waals surface area contributed by atoms with Crippen LogP contribution in [-0.4, -0.2) is 48.8 Å². The number of ether oxygens (including phenoxy) is 2. The molecule has 25 heavy (non-hydrogen) atoms. The van der Waals surface area contributed by atoms with Gasteiger partial charge in [-0.05, 0) is 37.5 Å². The number of hydrogen-bond acceptors (Lipinski definition) is 6. The molecule has 0 unspecified atom stereocenters. The molecule has 0 spiro atoms. The van der Waals surface area contributed by atoms with Gasteiger partial charge >= 0.3 is 12.6 Å². The zero-order chi connectivity index (χ0) is 18.4. The molecule has 1 aliphatic heterocycles. The number of hydrogen-bond donors (Lipinski definition) is 1. The van der Waals surface area contributed by atoms with Crippen LogP contribution in [0.2, 0.25) is 0 Å². The van der Waals surface area contributed by atoms with Crippen LogP contribution in [-0.2, 0) is 14.9 Å². The first kappa shape index (κ1) is 18.9. The van der Waals surface area contributed by atoms with E-state index in [9.17, 15) is 23.9 Å². The van der Waals surface area contributed by atoms with Crippen LogP contribution < -0.4 is 4.74 Å². The van der Waals surface area contributed by atoms with Gasteiger partial charge in [0.1, 0.15) is 0 Å². The molecule has 1 heterocycles. The van der Waals surface area contributed by atoms with E-state index in [-0.39, 0.29) is 18.3 Å². The van der Waals surface area contributed by atoms with Gasteiger partial charge < -0.3 is 14.6 Å². The van der Waals surface area contributed by atoms with Crippen LogP contribution in [0.5, 0.6) is 11.5 Å². The number of halogens is 2. The van der Waals surface area contributed by atoms with Gasteiger partial charge in [0.05, 0.1) is 24.6 Å². The van der Waals surface area contributed by atoms with E-state index in [0.717, 1.165) is 0 Å². The van der Waals surface area contributed by atoms with Crippen molar-refractivity contribution in [3.8, 4) is 17.6 Å². The smallest absolute Gasteiger partial charge is 0.387 e. The highest BCUT2D eigenvalue weighted by atomic mass is 19.3. The SMILES string of the molecule is CCOC(=O)CN1CCC(C#N)(c2ccc(OC(F)F)c(O)c2)CC1. The molecule has 136 valence electrons. The standard InChI is InChI=1S/C17H20F2N2O4/c1-2-24-15(23)10-21-7-5-17(11-20,6-8-21)12-3-4-14(13(22)9-12)25-16(18)19/h3-4,9,16,22H,2,5-8,10H2,1H3. The zero-order valence-corrected chi connectivity index (χ0v) is 13.9. The normalized spacial score (nSPS) is 17.1. The van der Waals surface area contributed by atoms with E-state index < -0.39 is 17.8 Å². The number of benzene rings is 1.